The predicted octanol–water partition coefficient (Wildman–Crippen LogP) is 3.24. The van der Waals surface area contributed by atoms with Gasteiger partial charge in [-0.15, -0.1) is 0 Å². The van der Waals surface area contributed by atoms with Crippen LogP contribution in [0.25, 0.3) is 0 Å². The van der Waals surface area contributed by atoms with Gasteiger partial charge in [-0.2, -0.15) is 8.78 Å². The molecule has 0 radical (unpaired) electrons. The molecule has 2 aromatic rings. The third kappa shape index (κ3) is 4.52. The molecule has 5 nitrogen and oxygen atoms in total. The largest absolute Gasteiger partial charge is 0.435 e. The molecule has 0 fully saturated rings. The Morgan fingerprint density at radius 2 is 1.71 bits per heavy atom. The highest BCUT2D eigenvalue weighted by Crippen LogP contribution is 2.17. The van der Waals surface area contributed by atoms with Crippen LogP contribution >= 0.6 is 0 Å². The van der Waals surface area contributed by atoms with E-state index in [0.29, 0.717) is 11.3 Å². The van der Waals surface area contributed by atoms with E-state index in [9.17, 15) is 18.4 Å². The van der Waals surface area contributed by atoms with E-state index in [2.05, 4.69) is 10.1 Å². The van der Waals surface area contributed by atoms with Gasteiger partial charge in [-0.3, -0.25) is 9.59 Å². The van der Waals surface area contributed by atoms with Gasteiger partial charge in [0.1, 0.15) is 5.75 Å². The Bertz CT molecular complexity index is 731. The molecule has 126 valence electrons. The number of anilines is 1. The van der Waals surface area contributed by atoms with Crippen molar-refractivity contribution in [2.45, 2.75) is 6.61 Å². The summed E-state index contributed by atoms with van der Waals surface area (Å²) in [6.45, 7) is -2.92. The maximum Gasteiger partial charge on any atom is 0.387 e. The molecular formula is C17H16F2N2O3. The van der Waals surface area contributed by atoms with Crippen LogP contribution in [0.1, 0.15) is 20.7 Å². The van der Waals surface area contributed by atoms with E-state index in [-0.39, 0.29) is 17.2 Å². The number of carbonyl (C=O) groups is 2. The SMILES string of the molecule is CN(C)C(=O)c1cccc(NC(=O)c2ccc(OC(F)F)cc2)c1. The maximum absolute atomic E-state index is 12.2. The zero-order valence-electron chi connectivity index (χ0n) is 13.1. The van der Waals surface area contributed by atoms with Crippen molar-refractivity contribution in [3.8, 4) is 5.75 Å². The molecule has 2 rings (SSSR count). The van der Waals surface area contributed by atoms with Crippen molar-refractivity contribution >= 4 is 17.5 Å². The second kappa shape index (κ2) is 7.54. The summed E-state index contributed by atoms with van der Waals surface area (Å²) in [6.07, 6.45) is 0. The fourth-order valence-corrected chi connectivity index (χ4v) is 1.98. The molecule has 7 heteroatoms. The normalized spacial score (nSPS) is 10.4. The Kier molecular flexibility index (Phi) is 5.47. The minimum absolute atomic E-state index is 0.0277. The van der Waals surface area contributed by atoms with Gasteiger partial charge in [0, 0.05) is 30.9 Å². The van der Waals surface area contributed by atoms with Gasteiger partial charge in [0.05, 0.1) is 0 Å². The second-order valence-electron chi connectivity index (χ2n) is 5.14. The first kappa shape index (κ1) is 17.4. The van der Waals surface area contributed by atoms with Crippen LogP contribution in [0.2, 0.25) is 0 Å². The van der Waals surface area contributed by atoms with Crippen LogP contribution in [0, 0.1) is 0 Å². The number of benzene rings is 2. The molecule has 0 aromatic heterocycles. The number of alkyl halides is 2. The number of nitrogens with zero attached hydrogens (tertiary/aromatic N) is 1. The van der Waals surface area contributed by atoms with Gasteiger partial charge in [-0.25, -0.2) is 0 Å². The molecule has 0 aliphatic rings. The molecule has 0 aliphatic heterocycles. The van der Waals surface area contributed by atoms with Crippen LogP contribution in [0.15, 0.2) is 48.5 Å². The Morgan fingerprint density at radius 1 is 1.04 bits per heavy atom. The van der Waals surface area contributed by atoms with Crippen LogP contribution in [0.5, 0.6) is 5.75 Å². The number of carbonyl (C=O) groups excluding carboxylic acids is 2. The van der Waals surface area contributed by atoms with Crippen molar-refractivity contribution < 1.29 is 23.1 Å². The lowest BCUT2D eigenvalue weighted by Crippen LogP contribution is -2.21. The molecule has 0 saturated heterocycles. The van der Waals surface area contributed by atoms with Crippen molar-refractivity contribution in [1.29, 1.82) is 0 Å². The molecule has 2 amide bonds. The minimum atomic E-state index is -2.92. The van der Waals surface area contributed by atoms with Gasteiger partial charge >= 0.3 is 6.61 Å². The molecular weight excluding hydrogens is 318 g/mol. The highest BCUT2D eigenvalue weighted by molar-refractivity contribution is 6.05. The highest BCUT2D eigenvalue weighted by atomic mass is 19.3. The number of halogens is 2. The molecule has 2 aromatic carbocycles. The first-order valence-corrected chi connectivity index (χ1v) is 7.05. The summed E-state index contributed by atoms with van der Waals surface area (Å²) in [4.78, 5) is 25.5. The second-order valence-corrected chi connectivity index (χ2v) is 5.14. The molecule has 0 aliphatic carbocycles. The molecule has 24 heavy (non-hydrogen) atoms. The lowest BCUT2D eigenvalue weighted by Gasteiger charge is -2.12. The van der Waals surface area contributed by atoms with E-state index in [0.717, 1.165) is 0 Å². The number of nitrogens with one attached hydrogen (secondary N) is 1. The summed E-state index contributed by atoms with van der Waals surface area (Å²) in [5.74, 6) is -0.632. The van der Waals surface area contributed by atoms with Crippen LogP contribution in [0.4, 0.5) is 14.5 Å². The Balaban J connectivity index is 2.09. The monoisotopic (exact) mass is 334 g/mol. The molecule has 0 spiro atoms. The lowest BCUT2D eigenvalue weighted by molar-refractivity contribution is -0.0498. The Labute approximate surface area is 137 Å². The van der Waals surface area contributed by atoms with E-state index in [1.807, 2.05) is 0 Å². The maximum atomic E-state index is 12.2. The highest BCUT2D eigenvalue weighted by Gasteiger charge is 2.11. The summed E-state index contributed by atoms with van der Waals surface area (Å²) >= 11 is 0. The topological polar surface area (TPSA) is 58.6 Å². The number of rotatable bonds is 5. The van der Waals surface area contributed by atoms with Crippen molar-refractivity contribution in [3.63, 3.8) is 0 Å². The quantitative estimate of drug-likeness (QED) is 0.913. The zero-order chi connectivity index (χ0) is 17.7. The molecule has 0 unspecified atom stereocenters. The molecule has 0 heterocycles. The Morgan fingerprint density at radius 3 is 2.29 bits per heavy atom. The van der Waals surface area contributed by atoms with Gasteiger partial charge < -0.3 is 15.0 Å². The fraction of sp³-hybridized carbons (Fsp3) is 0.176. The van der Waals surface area contributed by atoms with Crippen LogP contribution in [0.3, 0.4) is 0 Å². The third-order valence-electron chi connectivity index (χ3n) is 3.12. The Hall–Kier alpha value is -2.96. The van der Waals surface area contributed by atoms with Crippen molar-refractivity contribution in [1.82, 2.24) is 4.90 Å². The average molecular weight is 334 g/mol. The number of amides is 2. The standard InChI is InChI=1S/C17H16F2N2O3/c1-21(2)16(23)12-4-3-5-13(10-12)20-15(22)11-6-8-14(9-7-11)24-17(18)19/h3-10,17H,1-2H3,(H,20,22). The first-order chi connectivity index (χ1) is 11.4. The van der Waals surface area contributed by atoms with Crippen molar-refractivity contribution in [2.75, 3.05) is 19.4 Å². The van der Waals surface area contributed by atoms with Gasteiger partial charge in [0.15, 0.2) is 0 Å². The minimum Gasteiger partial charge on any atom is -0.435 e. The number of hydrogen-bond donors (Lipinski definition) is 1. The fourth-order valence-electron chi connectivity index (χ4n) is 1.98. The van der Waals surface area contributed by atoms with Crippen molar-refractivity contribution in [3.05, 3.63) is 59.7 Å². The summed E-state index contributed by atoms with van der Waals surface area (Å²) in [6, 6.07) is 11.8. The zero-order valence-corrected chi connectivity index (χ0v) is 13.1. The van der Waals surface area contributed by atoms with Gasteiger partial charge in [-0.1, -0.05) is 6.07 Å². The molecule has 0 bridgehead atoms. The number of hydrogen-bond acceptors (Lipinski definition) is 3. The summed E-state index contributed by atoms with van der Waals surface area (Å²) in [7, 11) is 3.27. The molecule has 0 saturated carbocycles. The van der Waals surface area contributed by atoms with Crippen LogP contribution < -0.4 is 10.1 Å². The summed E-state index contributed by atoms with van der Waals surface area (Å²) in [5.41, 5.74) is 1.18. The summed E-state index contributed by atoms with van der Waals surface area (Å²) in [5, 5.41) is 2.65. The van der Waals surface area contributed by atoms with Gasteiger partial charge in [0.25, 0.3) is 11.8 Å². The van der Waals surface area contributed by atoms with Crippen molar-refractivity contribution in [2.24, 2.45) is 0 Å². The van der Waals surface area contributed by atoms with E-state index in [4.69, 9.17) is 0 Å². The van der Waals surface area contributed by atoms with E-state index >= 15 is 0 Å². The smallest absolute Gasteiger partial charge is 0.387 e. The molecule has 0 atom stereocenters. The number of ether oxygens (including phenoxy) is 1. The summed E-state index contributed by atoms with van der Waals surface area (Å²) < 4.78 is 28.4. The van der Waals surface area contributed by atoms with Crippen LogP contribution in [-0.4, -0.2) is 37.4 Å². The lowest BCUT2D eigenvalue weighted by atomic mass is 10.1. The predicted molar refractivity (Wildman–Crippen MR) is 85.5 cm³/mol. The third-order valence-corrected chi connectivity index (χ3v) is 3.12. The van der Waals surface area contributed by atoms with Crippen LogP contribution in [-0.2, 0) is 0 Å². The van der Waals surface area contributed by atoms with E-state index in [1.54, 1.807) is 38.4 Å². The van der Waals surface area contributed by atoms with Gasteiger partial charge in [0.2, 0.25) is 0 Å². The van der Waals surface area contributed by atoms with Gasteiger partial charge in [-0.05, 0) is 42.5 Å². The van der Waals surface area contributed by atoms with E-state index in [1.165, 1.54) is 29.2 Å². The first-order valence-electron chi connectivity index (χ1n) is 7.05. The molecule has 1 N–H and O–H groups in total. The average Bonchev–Trinajstić information content (AvgIpc) is 2.54. The van der Waals surface area contributed by atoms with E-state index < -0.39 is 12.5 Å².